The number of ether oxygens (including phenoxy) is 1. The number of carboxylic acids is 1. The van der Waals surface area contributed by atoms with Crippen molar-refractivity contribution in [2.24, 2.45) is 11.8 Å². The number of hydrogen-bond donors (Lipinski definition) is 3. The van der Waals surface area contributed by atoms with E-state index in [-0.39, 0.29) is 24.9 Å². The molecule has 0 aliphatic carbocycles. The predicted octanol–water partition coefficient (Wildman–Crippen LogP) is 1.03. The Balaban J connectivity index is 0.000000638. The minimum Gasteiger partial charge on any atom is -0.475 e. The summed E-state index contributed by atoms with van der Waals surface area (Å²) in [6.45, 7) is 4.74. The van der Waals surface area contributed by atoms with Crippen LogP contribution >= 0.6 is 0 Å². The van der Waals surface area contributed by atoms with Crippen molar-refractivity contribution in [3.05, 3.63) is 35.9 Å². The molecular formula is C24H31F3N4O7. The third kappa shape index (κ3) is 6.23. The summed E-state index contributed by atoms with van der Waals surface area (Å²) in [6, 6.07) is 8.48. The van der Waals surface area contributed by atoms with Gasteiger partial charge >= 0.3 is 24.1 Å². The molecule has 3 N–H and O–H groups in total. The van der Waals surface area contributed by atoms with Gasteiger partial charge in [-0.05, 0) is 19.4 Å². The van der Waals surface area contributed by atoms with Crippen molar-refractivity contribution in [3.8, 4) is 0 Å². The Morgan fingerprint density at radius 1 is 1.16 bits per heavy atom. The number of fused-ring (bicyclic) bond motifs is 1. The summed E-state index contributed by atoms with van der Waals surface area (Å²) in [7, 11) is 2.71. The minimum absolute atomic E-state index is 0.184. The Morgan fingerprint density at radius 2 is 1.74 bits per heavy atom. The summed E-state index contributed by atoms with van der Waals surface area (Å²) in [4.78, 5) is 63.3. The van der Waals surface area contributed by atoms with Gasteiger partial charge in [0.15, 0.2) is 0 Å². The standard InChI is InChI=1S/C22H30N4O5.C2HF3O2/c1-5-23-21(30)26(6-2)13-15-16-17(19(28)25(3)18(16)27)22(24-15,20(29)31-4)12-14-10-8-7-9-11-14;3-2(4,5)1(6)7/h7-11,15-17,24H,5-6,12-13H2,1-4H3,(H,23,30);(H,6,7)/t15-,16+,17-,22-;/m1./s1. The van der Waals surface area contributed by atoms with Crippen LogP contribution in [0.4, 0.5) is 18.0 Å². The highest BCUT2D eigenvalue weighted by atomic mass is 19.4. The number of imide groups is 1. The molecule has 38 heavy (non-hydrogen) atoms. The van der Waals surface area contributed by atoms with Crippen LogP contribution in [-0.2, 0) is 30.3 Å². The fourth-order valence-corrected chi connectivity index (χ4v) is 4.80. The van der Waals surface area contributed by atoms with E-state index >= 15 is 0 Å². The molecule has 1 aromatic rings. The molecule has 2 saturated heterocycles. The maximum absolute atomic E-state index is 13.1. The molecule has 0 saturated carbocycles. The number of halogens is 3. The lowest BCUT2D eigenvalue weighted by molar-refractivity contribution is -0.192. The number of alkyl halides is 3. The topological polar surface area (TPSA) is 145 Å². The molecule has 1 aromatic carbocycles. The molecule has 2 aliphatic rings. The van der Waals surface area contributed by atoms with E-state index in [9.17, 15) is 32.3 Å². The van der Waals surface area contributed by atoms with E-state index < -0.39 is 47.4 Å². The van der Waals surface area contributed by atoms with E-state index in [2.05, 4.69) is 10.6 Å². The average molecular weight is 545 g/mol. The van der Waals surface area contributed by atoms with Gasteiger partial charge in [-0.1, -0.05) is 30.3 Å². The Kier molecular flexibility index (Phi) is 9.84. The molecule has 2 heterocycles. The van der Waals surface area contributed by atoms with Crippen molar-refractivity contribution in [1.82, 2.24) is 20.4 Å². The van der Waals surface area contributed by atoms with Gasteiger partial charge in [0.05, 0.1) is 18.9 Å². The van der Waals surface area contributed by atoms with E-state index in [4.69, 9.17) is 14.6 Å². The lowest BCUT2D eigenvalue weighted by Gasteiger charge is -2.33. The number of aliphatic carboxylic acids is 1. The first kappa shape index (κ1) is 30.5. The van der Waals surface area contributed by atoms with E-state index in [1.165, 1.54) is 14.2 Å². The molecule has 3 rings (SSSR count). The van der Waals surface area contributed by atoms with Gasteiger partial charge in [-0.15, -0.1) is 0 Å². The Hall–Kier alpha value is -3.68. The van der Waals surface area contributed by atoms with Gasteiger partial charge < -0.3 is 20.1 Å². The molecular weight excluding hydrogens is 513 g/mol. The van der Waals surface area contributed by atoms with Crippen LogP contribution in [0.5, 0.6) is 0 Å². The highest BCUT2D eigenvalue weighted by Gasteiger charge is 2.68. The number of hydrogen-bond acceptors (Lipinski definition) is 7. The minimum atomic E-state index is -5.08. The number of likely N-dealkylation sites (tertiary alicyclic amines) is 1. The zero-order chi connectivity index (χ0) is 28.8. The van der Waals surface area contributed by atoms with Crippen LogP contribution in [0.3, 0.4) is 0 Å². The van der Waals surface area contributed by atoms with Crippen LogP contribution in [0.15, 0.2) is 30.3 Å². The Labute approximate surface area is 217 Å². The number of carbonyl (C=O) groups excluding carboxylic acids is 4. The fraction of sp³-hybridized carbons (Fsp3) is 0.542. The Bertz CT molecular complexity index is 1050. The summed E-state index contributed by atoms with van der Waals surface area (Å²) in [6.07, 6.45) is -4.89. The number of likely N-dealkylation sites (N-methyl/N-ethyl adjacent to an activating group) is 1. The number of carboxylic acid groups (broad SMARTS) is 1. The highest BCUT2D eigenvalue weighted by molar-refractivity contribution is 6.09. The molecule has 4 atom stereocenters. The third-order valence-corrected chi connectivity index (χ3v) is 6.51. The molecule has 2 aliphatic heterocycles. The molecule has 0 spiro atoms. The normalized spacial score (nSPS) is 24.3. The maximum atomic E-state index is 13.1. The number of esters is 1. The van der Waals surface area contributed by atoms with E-state index in [1.54, 1.807) is 4.90 Å². The van der Waals surface area contributed by atoms with Crippen LogP contribution < -0.4 is 10.6 Å². The highest BCUT2D eigenvalue weighted by Crippen LogP contribution is 2.44. The van der Waals surface area contributed by atoms with Crippen molar-refractivity contribution in [2.75, 3.05) is 33.8 Å². The van der Waals surface area contributed by atoms with Gasteiger partial charge in [0.25, 0.3) is 0 Å². The largest absolute Gasteiger partial charge is 0.490 e. The molecule has 11 nitrogen and oxygen atoms in total. The maximum Gasteiger partial charge on any atom is 0.490 e. The summed E-state index contributed by atoms with van der Waals surface area (Å²) in [5.74, 6) is -5.77. The van der Waals surface area contributed by atoms with Gasteiger partial charge in [0, 0.05) is 39.1 Å². The molecule has 0 aromatic heterocycles. The summed E-state index contributed by atoms with van der Waals surface area (Å²) in [5.41, 5.74) is -0.561. The van der Waals surface area contributed by atoms with Crippen molar-refractivity contribution in [3.63, 3.8) is 0 Å². The van der Waals surface area contributed by atoms with Gasteiger partial charge in [-0.3, -0.25) is 24.6 Å². The smallest absolute Gasteiger partial charge is 0.475 e. The van der Waals surface area contributed by atoms with E-state index in [1.807, 2.05) is 44.2 Å². The van der Waals surface area contributed by atoms with Crippen molar-refractivity contribution in [2.45, 2.75) is 38.0 Å². The molecule has 14 heteroatoms. The van der Waals surface area contributed by atoms with Crippen molar-refractivity contribution < 1.29 is 47.0 Å². The number of rotatable bonds is 7. The third-order valence-electron chi connectivity index (χ3n) is 6.51. The first-order valence-corrected chi connectivity index (χ1v) is 11.8. The zero-order valence-electron chi connectivity index (χ0n) is 21.4. The van der Waals surface area contributed by atoms with Gasteiger partial charge in [-0.25, -0.2) is 9.59 Å². The second-order valence-corrected chi connectivity index (χ2v) is 8.79. The summed E-state index contributed by atoms with van der Waals surface area (Å²) < 4.78 is 36.9. The lowest BCUT2D eigenvalue weighted by Crippen LogP contribution is -2.60. The Morgan fingerprint density at radius 3 is 2.21 bits per heavy atom. The molecule has 2 fully saturated rings. The quantitative estimate of drug-likeness (QED) is 0.341. The van der Waals surface area contributed by atoms with Crippen molar-refractivity contribution >= 4 is 29.8 Å². The molecule has 210 valence electrons. The van der Waals surface area contributed by atoms with Crippen LogP contribution in [0.1, 0.15) is 19.4 Å². The van der Waals surface area contributed by atoms with Crippen LogP contribution in [0.25, 0.3) is 0 Å². The SMILES string of the molecule is CCNC(=O)N(CC)C[C@H]1N[C@@](Cc2ccccc2)(C(=O)OC)[C@H]2C(=O)N(C)C(=O)[C@@H]12.O=C(O)C(F)(F)F. The molecule has 4 amide bonds. The predicted molar refractivity (Wildman–Crippen MR) is 127 cm³/mol. The summed E-state index contributed by atoms with van der Waals surface area (Å²) in [5, 5.41) is 13.2. The van der Waals surface area contributed by atoms with E-state index in [0.29, 0.717) is 13.1 Å². The first-order valence-electron chi connectivity index (χ1n) is 11.8. The van der Waals surface area contributed by atoms with Gasteiger partial charge in [-0.2, -0.15) is 13.2 Å². The second-order valence-electron chi connectivity index (χ2n) is 8.79. The summed E-state index contributed by atoms with van der Waals surface area (Å²) >= 11 is 0. The van der Waals surface area contributed by atoms with Crippen LogP contribution in [0.2, 0.25) is 0 Å². The van der Waals surface area contributed by atoms with Crippen LogP contribution in [0, 0.1) is 11.8 Å². The number of amides is 4. The second kappa shape index (κ2) is 12.2. The number of nitrogens with zero attached hydrogens (tertiary/aromatic N) is 2. The van der Waals surface area contributed by atoms with Gasteiger partial charge in [0.1, 0.15) is 5.54 Å². The fourth-order valence-electron chi connectivity index (χ4n) is 4.80. The van der Waals surface area contributed by atoms with Crippen molar-refractivity contribution in [1.29, 1.82) is 0 Å². The first-order chi connectivity index (χ1) is 17.7. The number of benzene rings is 1. The lowest BCUT2D eigenvalue weighted by atomic mass is 9.76. The number of carbonyl (C=O) groups is 5. The van der Waals surface area contributed by atoms with E-state index in [0.717, 1.165) is 10.5 Å². The average Bonchev–Trinajstić information content (AvgIpc) is 3.31. The van der Waals surface area contributed by atoms with Crippen LogP contribution in [-0.4, -0.2) is 96.2 Å². The van der Waals surface area contributed by atoms with Gasteiger partial charge in [0.2, 0.25) is 11.8 Å². The molecule has 0 radical (unpaired) electrons. The monoisotopic (exact) mass is 544 g/mol. The molecule has 0 bridgehead atoms. The number of methoxy groups -OCH3 is 1. The zero-order valence-corrected chi connectivity index (χ0v) is 21.4. The molecule has 0 unspecified atom stereocenters. The number of nitrogens with one attached hydrogen (secondary N) is 2. The number of urea groups is 1.